The molecule has 2 N–H and O–H groups in total. The molecule has 6 heteroatoms. The van der Waals surface area contributed by atoms with E-state index < -0.39 is 0 Å². The van der Waals surface area contributed by atoms with Gasteiger partial charge in [0.1, 0.15) is 12.4 Å². The molecule has 140 valence electrons. The standard InChI is InChI=1S/C15H11ClN2O.C7H6O2/c16-12-6-2-3-7-14(12)18-13(9-10-17-18)11-5-1-4-8-15(11)19;8-6-2-1-5-3-7(6)9-4-5/h1-10,19H;1-3,8H,4H2. The van der Waals surface area contributed by atoms with Crippen LogP contribution in [0.25, 0.3) is 16.9 Å². The van der Waals surface area contributed by atoms with E-state index in [9.17, 15) is 5.11 Å². The monoisotopic (exact) mass is 392 g/mol. The van der Waals surface area contributed by atoms with Gasteiger partial charge >= 0.3 is 0 Å². The maximum atomic E-state index is 9.95. The Labute approximate surface area is 167 Å². The smallest absolute Gasteiger partial charge is 0.161 e. The van der Waals surface area contributed by atoms with Crippen molar-refractivity contribution in [2.45, 2.75) is 6.61 Å². The maximum absolute atomic E-state index is 9.95. The average molecular weight is 393 g/mol. The van der Waals surface area contributed by atoms with Crippen LogP contribution in [0.5, 0.6) is 17.2 Å². The van der Waals surface area contributed by atoms with Crippen LogP contribution in [0, 0.1) is 0 Å². The fraction of sp³-hybridized carbons (Fsp3) is 0.0455. The summed E-state index contributed by atoms with van der Waals surface area (Å²) in [6.07, 6.45) is 1.69. The predicted molar refractivity (Wildman–Crippen MR) is 108 cm³/mol. The number of aromatic nitrogens is 2. The zero-order valence-electron chi connectivity index (χ0n) is 14.8. The molecule has 0 spiro atoms. The van der Waals surface area contributed by atoms with Crippen molar-refractivity contribution < 1.29 is 14.9 Å². The van der Waals surface area contributed by atoms with Crippen molar-refractivity contribution in [1.82, 2.24) is 9.78 Å². The molecule has 1 aliphatic heterocycles. The molecular formula is C22H17ClN2O3. The van der Waals surface area contributed by atoms with Crippen LogP contribution in [0.2, 0.25) is 5.02 Å². The highest BCUT2D eigenvalue weighted by Crippen LogP contribution is 2.32. The summed E-state index contributed by atoms with van der Waals surface area (Å²) in [5.41, 5.74) is 3.43. The molecule has 1 aliphatic rings. The lowest BCUT2D eigenvalue weighted by Crippen LogP contribution is -1.99. The van der Waals surface area contributed by atoms with Gasteiger partial charge in [-0.25, -0.2) is 4.68 Å². The van der Waals surface area contributed by atoms with Crippen LogP contribution in [0.1, 0.15) is 5.56 Å². The van der Waals surface area contributed by atoms with Crippen molar-refractivity contribution in [2.24, 2.45) is 0 Å². The number of hydrogen-bond donors (Lipinski definition) is 2. The van der Waals surface area contributed by atoms with Gasteiger partial charge in [-0.3, -0.25) is 0 Å². The first-order chi connectivity index (χ1) is 13.6. The fourth-order valence-corrected chi connectivity index (χ4v) is 3.15. The molecule has 0 atom stereocenters. The number of phenolic OH excluding ortho intramolecular Hbond substituents is 2. The zero-order chi connectivity index (χ0) is 19.5. The van der Waals surface area contributed by atoms with Gasteiger partial charge in [-0.15, -0.1) is 0 Å². The largest absolute Gasteiger partial charge is 0.507 e. The summed E-state index contributed by atoms with van der Waals surface area (Å²) in [4.78, 5) is 0. The predicted octanol–water partition coefficient (Wildman–Crippen LogP) is 5.18. The minimum Gasteiger partial charge on any atom is -0.507 e. The van der Waals surface area contributed by atoms with Crippen molar-refractivity contribution in [1.29, 1.82) is 0 Å². The third-order valence-corrected chi connectivity index (χ3v) is 4.64. The Bertz CT molecular complexity index is 1060. The SMILES string of the molecule is Oc1ccc2cc1OC2.Oc1ccccc1-c1ccnn1-c1ccccc1Cl. The van der Waals surface area contributed by atoms with E-state index in [0.29, 0.717) is 17.4 Å². The molecule has 2 bridgehead atoms. The molecule has 4 aromatic rings. The summed E-state index contributed by atoms with van der Waals surface area (Å²) in [5, 5.41) is 23.9. The molecular weight excluding hydrogens is 376 g/mol. The number of hydrogen-bond acceptors (Lipinski definition) is 4. The molecule has 5 nitrogen and oxygen atoms in total. The van der Waals surface area contributed by atoms with E-state index in [0.717, 1.165) is 22.5 Å². The van der Waals surface area contributed by atoms with Crippen LogP contribution in [-0.2, 0) is 6.61 Å². The Kier molecular flexibility index (Phi) is 4.91. The van der Waals surface area contributed by atoms with Crippen LogP contribution < -0.4 is 4.74 Å². The second kappa shape index (κ2) is 7.66. The fourth-order valence-electron chi connectivity index (χ4n) is 2.94. The molecule has 0 fully saturated rings. The van der Waals surface area contributed by atoms with Gasteiger partial charge in [0.2, 0.25) is 0 Å². The zero-order valence-corrected chi connectivity index (χ0v) is 15.5. The topological polar surface area (TPSA) is 67.5 Å². The average Bonchev–Trinajstić information content (AvgIpc) is 3.34. The number of phenols is 2. The van der Waals surface area contributed by atoms with E-state index in [4.69, 9.17) is 21.4 Å². The number of benzene rings is 3. The highest BCUT2D eigenvalue weighted by atomic mass is 35.5. The summed E-state index contributed by atoms with van der Waals surface area (Å²) in [5.74, 6) is 1.06. The van der Waals surface area contributed by atoms with E-state index in [1.165, 1.54) is 0 Å². The number of fused-ring (bicyclic) bond motifs is 2. The van der Waals surface area contributed by atoms with Gasteiger partial charge in [-0.1, -0.05) is 41.9 Å². The van der Waals surface area contributed by atoms with Crippen molar-refractivity contribution in [3.63, 3.8) is 0 Å². The van der Waals surface area contributed by atoms with Crippen molar-refractivity contribution >= 4 is 11.6 Å². The Morgan fingerprint density at radius 3 is 2.46 bits per heavy atom. The van der Waals surface area contributed by atoms with Crippen LogP contribution in [-0.4, -0.2) is 20.0 Å². The van der Waals surface area contributed by atoms with Gasteiger partial charge in [-0.05, 0) is 48.0 Å². The Morgan fingerprint density at radius 1 is 0.893 bits per heavy atom. The third kappa shape index (κ3) is 3.52. The van der Waals surface area contributed by atoms with E-state index >= 15 is 0 Å². The summed E-state index contributed by atoms with van der Waals surface area (Å²) >= 11 is 6.19. The molecule has 28 heavy (non-hydrogen) atoms. The number of nitrogens with zero attached hydrogens (tertiary/aromatic N) is 2. The van der Waals surface area contributed by atoms with Crippen LogP contribution in [0.4, 0.5) is 0 Å². The number of aromatic hydroxyl groups is 2. The molecule has 1 aromatic heterocycles. The van der Waals surface area contributed by atoms with Gasteiger partial charge in [-0.2, -0.15) is 5.10 Å². The summed E-state index contributed by atoms with van der Waals surface area (Å²) in [6.45, 7) is 0.607. The lowest BCUT2D eigenvalue weighted by atomic mass is 10.1. The van der Waals surface area contributed by atoms with Crippen LogP contribution >= 0.6 is 11.6 Å². The van der Waals surface area contributed by atoms with Gasteiger partial charge in [0, 0.05) is 5.56 Å². The second-order valence-electron chi connectivity index (χ2n) is 6.19. The van der Waals surface area contributed by atoms with Crippen LogP contribution in [0.3, 0.4) is 0 Å². The number of ether oxygens (including phenoxy) is 1. The first-order valence-corrected chi connectivity index (χ1v) is 9.03. The Morgan fingerprint density at radius 2 is 1.68 bits per heavy atom. The summed E-state index contributed by atoms with van der Waals surface area (Å²) in [7, 11) is 0. The lowest BCUT2D eigenvalue weighted by Gasteiger charge is -2.10. The molecule has 0 saturated carbocycles. The molecule has 3 aromatic carbocycles. The van der Waals surface area contributed by atoms with Gasteiger partial charge in [0.25, 0.3) is 0 Å². The minimum atomic E-state index is 0.219. The molecule has 5 rings (SSSR count). The second-order valence-corrected chi connectivity index (χ2v) is 6.59. The summed E-state index contributed by atoms with van der Waals surface area (Å²) in [6, 6.07) is 21.8. The quantitative estimate of drug-likeness (QED) is 0.493. The molecule has 2 heterocycles. The van der Waals surface area contributed by atoms with Crippen molar-refractivity contribution in [3.8, 4) is 34.2 Å². The number of para-hydroxylation sites is 2. The highest BCUT2D eigenvalue weighted by molar-refractivity contribution is 6.32. The number of halogens is 1. The molecule has 0 radical (unpaired) electrons. The molecule has 0 amide bonds. The van der Waals surface area contributed by atoms with Crippen molar-refractivity contribution in [3.05, 3.63) is 89.6 Å². The first-order valence-electron chi connectivity index (χ1n) is 8.65. The first kappa shape index (κ1) is 17.9. The maximum Gasteiger partial charge on any atom is 0.161 e. The van der Waals surface area contributed by atoms with Crippen molar-refractivity contribution in [2.75, 3.05) is 0 Å². The lowest BCUT2D eigenvalue weighted by molar-refractivity contribution is 0.310. The molecule has 0 aliphatic carbocycles. The van der Waals surface area contributed by atoms with Gasteiger partial charge < -0.3 is 14.9 Å². The normalized spacial score (nSPS) is 11.5. The summed E-state index contributed by atoms with van der Waals surface area (Å²) < 4.78 is 6.78. The highest BCUT2D eigenvalue weighted by Gasteiger charge is 2.12. The van der Waals surface area contributed by atoms with E-state index in [1.54, 1.807) is 29.1 Å². The minimum absolute atomic E-state index is 0.219. The van der Waals surface area contributed by atoms with Crippen LogP contribution in [0.15, 0.2) is 79.0 Å². The third-order valence-electron chi connectivity index (χ3n) is 4.32. The van der Waals surface area contributed by atoms with E-state index in [-0.39, 0.29) is 11.5 Å². The van der Waals surface area contributed by atoms with Gasteiger partial charge in [0.15, 0.2) is 11.5 Å². The number of rotatable bonds is 2. The molecule has 0 unspecified atom stereocenters. The van der Waals surface area contributed by atoms with E-state index in [2.05, 4.69) is 5.10 Å². The Hall–Kier alpha value is -3.44. The molecule has 0 saturated heterocycles. The van der Waals surface area contributed by atoms with Gasteiger partial charge in [0.05, 0.1) is 22.6 Å². The Balaban J connectivity index is 0.000000177. The van der Waals surface area contributed by atoms with E-state index in [1.807, 2.05) is 54.6 Å².